The maximum atomic E-state index is 5.19. The Morgan fingerprint density at radius 2 is 0.913 bits per heavy atom. The summed E-state index contributed by atoms with van der Waals surface area (Å²) in [5.74, 6) is 2.36. The Hall–Kier alpha value is -5.54. The number of H-pyrrole nitrogens is 2. The molecule has 8 aromatic rings. The molecule has 2 N–H and O–H groups in total. The second-order valence-corrected chi connectivity index (χ2v) is 13.3. The molecule has 2 aliphatic rings. The van der Waals surface area contributed by atoms with E-state index in [1.54, 1.807) is 11.3 Å². The number of rotatable bonds is 2. The minimum absolute atomic E-state index is 0.589. The van der Waals surface area contributed by atoms with E-state index in [0.29, 0.717) is 45.9 Å². The van der Waals surface area contributed by atoms with Crippen molar-refractivity contribution in [2.24, 2.45) is 0 Å². The molecule has 8 bridgehead atoms. The van der Waals surface area contributed by atoms with Crippen molar-refractivity contribution in [3.63, 3.8) is 0 Å². The average Bonchev–Trinajstić information content (AvgIpc) is 3.92. The molecule has 0 saturated heterocycles. The van der Waals surface area contributed by atoms with Crippen LogP contribution in [-0.4, -0.2) is 39.9 Å². The summed E-state index contributed by atoms with van der Waals surface area (Å²) in [6.07, 6.45) is 0. The first-order valence-electron chi connectivity index (χ1n) is 14.6. The zero-order valence-electron chi connectivity index (χ0n) is 23.8. The molecule has 0 spiro atoms. The maximum absolute atomic E-state index is 5.19. The van der Waals surface area contributed by atoms with Crippen molar-refractivity contribution in [3.8, 4) is 45.6 Å². The summed E-state index contributed by atoms with van der Waals surface area (Å²) >= 11 is 3.54. The van der Waals surface area contributed by atoms with Gasteiger partial charge in [-0.1, -0.05) is 6.07 Å². The average molecular weight is 660 g/mol. The van der Waals surface area contributed by atoms with E-state index in [2.05, 4.69) is 45.7 Å². The molecule has 8 nitrogen and oxygen atoms in total. The zero-order chi connectivity index (χ0) is 30.2. The summed E-state index contributed by atoms with van der Waals surface area (Å²) in [5, 5.41) is 5.92. The van der Waals surface area contributed by atoms with Gasteiger partial charge in [0.25, 0.3) is 0 Å². The Balaban J connectivity index is 1.39. The van der Waals surface area contributed by atoms with Gasteiger partial charge in [-0.25, -0.2) is 0 Å². The molecule has 4 aromatic heterocycles. The third kappa shape index (κ3) is 3.98. The molecule has 4 aromatic carbocycles. The van der Waals surface area contributed by atoms with Crippen LogP contribution in [0.4, 0.5) is 0 Å². The molecule has 2 aliphatic heterocycles. The molecule has 0 atom stereocenters. The van der Waals surface area contributed by atoms with Gasteiger partial charge in [0.15, 0.2) is 0 Å². The molecule has 46 heavy (non-hydrogen) atoms. The first-order chi connectivity index (χ1) is 22.8. The number of hydrogen-bond donors (Lipinski definition) is 2. The van der Waals surface area contributed by atoms with Crippen LogP contribution in [0.2, 0.25) is 0 Å². The van der Waals surface area contributed by atoms with Crippen LogP contribution >= 0.6 is 11.3 Å². The first-order valence-corrected chi connectivity index (χ1v) is 16.4. The predicted molar refractivity (Wildman–Crippen MR) is 180 cm³/mol. The summed E-state index contributed by atoms with van der Waals surface area (Å²) in [6, 6.07) is 34.7. The van der Waals surface area contributed by atoms with Crippen molar-refractivity contribution in [1.29, 1.82) is 0 Å². The summed E-state index contributed by atoms with van der Waals surface area (Å²) in [7, 11) is 0. The minimum atomic E-state index is 0.589. The van der Waals surface area contributed by atoms with Gasteiger partial charge in [-0.3, -0.25) is 0 Å². The first kappa shape index (κ1) is 25.8. The molecular weight excluding hydrogens is 640 g/mol. The van der Waals surface area contributed by atoms with Gasteiger partial charge < -0.3 is 0 Å². The van der Waals surface area contributed by atoms with Gasteiger partial charge >= 0.3 is 267 Å². The van der Waals surface area contributed by atoms with Crippen LogP contribution in [0.25, 0.3) is 89.7 Å². The molecule has 0 radical (unpaired) electrons. The molecule has 0 amide bonds. The summed E-state index contributed by atoms with van der Waals surface area (Å²) < 4.78 is 2.26. The van der Waals surface area contributed by atoms with Crippen molar-refractivity contribution in [3.05, 3.63) is 109 Å². The van der Waals surface area contributed by atoms with Crippen LogP contribution in [-0.2, 0) is 15.0 Å². The van der Waals surface area contributed by atoms with Gasteiger partial charge in [0, 0.05) is 0 Å². The van der Waals surface area contributed by atoms with E-state index in [-0.39, 0.29) is 0 Å². The van der Waals surface area contributed by atoms with Gasteiger partial charge in [-0.15, -0.1) is 0 Å². The fourth-order valence-electron chi connectivity index (χ4n) is 6.05. The van der Waals surface area contributed by atoms with Crippen molar-refractivity contribution in [2.45, 2.75) is 0 Å². The number of thiophene rings is 1. The van der Waals surface area contributed by atoms with Crippen LogP contribution in [0.5, 0.6) is 0 Å². The molecule has 0 fully saturated rings. The molecule has 10 rings (SSSR count). The van der Waals surface area contributed by atoms with Gasteiger partial charge in [-0.2, -0.15) is 0 Å². The summed E-state index contributed by atoms with van der Waals surface area (Å²) in [6.45, 7) is 0. The van der Waals surface area contributed by atoms with Gasteiger partial charge in [0.05, 0.1) is 0 Å². The fraction of sp³-hybridized carbons (Fsp3) is 0. The number of nitrogens with zero attached hydrogens (tertiary/aromatic N) is 6. The molecule has 6 heterocycles. The number of aromatic nitrogens is 8. The molecular formula is C36H20CuN8S. The number of fused-ring (bicyclic) bond motifs is 20. The Morgan fingerprint density at radius 3 is 1.46 bits per heavy atom. The SMILES string of the molecule is c1cs[c]([Cu][c]2cccc3c4nc5nc(nc6[nH]c(nc7nc(nc([nH]4)c23)-c2ccccc2-7)c2ccccc62)-c2ccccc2-5)c1. The molecule has 221 valence electrons. The standard InChI is InChI=1S/C32H17N8.C4H3S.Cu/c1-2-10-18-17(9-1)25-33-26(18)38-28-21-13-5-6-14-22(21)30(35-28)40-32-24-16-8-7-15-23(24)31(36-32)39-29-20-12-4-3-11-19(20)27(34-29)37-25;1-2-4-5-3-1;/h1-15H,(H2,33,34,35,36,37,38,39,40);1-3H;. The number of benzene rings is 4. The van der Waals surface area contributed by atoms with Crippen LogP contribution < -0.4 is 8.24 Å². The van der Waals surface area contributed by atoms with Crippen molar-refractivity contribution in [1.82, 2.24) is 39.9 Å². The molecule has 0 saturated carbocycles. The van der Waals surface area contributed by atoms with Crippen LogP contribution in [0.15, 0.2) is 109 Å². The molecule has 0 aliphatic carbocycles. The van der Waals surface area contributed by atoms with E-state index in [4.69, 9.17) is 29.9 Å². The van der Waals surface area contributed by atoms with E-state index in [1.807, 2.05) is 87.8 Å². The second kappa shape index (κ2) is 9.98. The predicted octanol–water partition coefficient (Wildman–Crippen LogP) is 6.96. The Bertz CT molecular complexity index is 2690. The van der Waals surface area contributed by atoms with Gasteiger partial charge in [0.2, 0.25) is 0 Å². The quantitative estimate of drug-likeness (QED) is 0.194. The Morgan fingerprint density at radius 1 is 0.435 bits per heavy atom. The second-order valence-electron chi connectivity index (χ2n) is 10.8. The third-order valence-electron chi connectivity index (χ3n) is 8.12. The van der Waals surface area contributed by atoms with Crippen molar-refractivity contribution < 1.29 is 15.0 Å². The van der Waals surface area contributed by atoms with E-state index in [0.717, 1.165) is 48.3 Å². The van der Waals surface area contributed by atoms with E-state index in [9.17, 15) is 0 Å². The third-order valence-corrected chi connectivity index (χ3v) is 10.4. The van der Waals surface area contributed by atoms with Crippen molar-refractivity contribution in [2.75, 3.05) is 0 Å². The van der Waals surface area contributed by atoms with Gasteiger partial charge in [0.1, 0.15) is 0 Å². The topological polar surface area (TPSA) is 109 Å². The number of aromatic amines is 2. The number of nitrogens with one attached hydrogen (secondary N) is 2. The van der Waals surface area contributed by atoms with Crippen LogP contribution in [0, 0.1) is 0 Å². The summed E-state index contributed by atoms with van der Waals surface area (Å²) in [4.78, 5) is 37.5. The van der Waals surface area contributed by atoms with Crippen LogP contribution in [0.1, 0.15) is 0 Å². The van der Waals surface area contributed by atoms with Crippen LogP contribution in [0.3, 0.4) is 0 Å². The normalized spacial score (nSPS) is 12.1. The fourth-order valence-corrected chi connectivity index (χ4v) is 8.10. The van der Waals surface area contributed by atoms with E-state index in [1.165, 1.54) is 3.78 Å². The van der Waals surface area contributed by atoms with Crippen molar-refractivity contribution >= 4 is 63.7 Å². The van der Waals surface area contributed by atoms with E-state index >= 15 is 0 Å². The van der Waals surface area contributed by atoms with Gasteiger partial charge in [-0.05, 0) is 0 Å². The monoisotopic (exact) mass is 659 g/mol. The molecule has 0 unspecified atom stereocenters. The Labute approximate surface area is 271 Å². The summed E-state index contributed by atoms with van der Waals surface area (Å²) in [5.41, 5.74) is 6.40. The Kier molecular flexibility index (Phi) is 5.59. The molecule has 10 heteroatoms. The van der Waals surface area contributed by atoms with E-state index < -0.39 is 0 Å². The number of hydrogen-bond acceptors (Lipinski definition) is 7. The zero-order valence-corrected chi connectivity index (χ0v) is 25.5.